The fraction of sp³-hybridized carbons (Fsp3) is 0.533. The first-order chi connectivity index (χ1) is 9.24. The van der Waals surface area contributed by atoms with Gasteiger partial charge in [-0.1, -0.05) is 25.3 Å². The lowest BCUT2D eigenvalue weighted by atomic mass is 10.0. The van der Waals surface area contributed by atoms with Crippen molar-refractivity contribution in [2.75, 3.05) is 7.11 Å². The molecule has 1 aromatic carbocycles. The van der Waals surface area contributed by atoms with Gasteiger partial charge < -0.3 is 4.74 Å². The van der Waals surface area contributed by atoms with Crippen LogP contribution in [-0.4, -0.2) is 16.6 Å². The number of hydrogen-bond acceptors (Lipinski definition) is 3. The van der Waals surface area contributed by atoms with Gasteiger partial charge in [-0.25, -0.2) is 0 Å². The Hall–Kier alpha value is -1.34. The molecule has 0 N–H and O–H groups in total. The summed E-state index contributed by atoms with van der Waals surface area (Å²) >= 11 is 0. The van der Waals surface area contributed by atoms with E-state index in [0.29, 0.717) is 22.3 Å². The summed E-state index contributed by atoms with van der Waals surface area (Å²) in [6, 6.07) is 7.54. The van der Waals surface area contributed by atoms with Gasteiger partial charge in [-0.2, -0.15) is 5.26 Å². The van der Waals surface area contributed by atoms with Crippen LogP contribution in [0.25, 0.3) is 0 Å². The second-order valence-electron chi connectivity index (χ2n) is 4.93. The van der Waals surface area contributed by atoms with Gasteiger partial charge in [-0.05, 0) is 30.5 Å². The second kappa shape index (κ2) is 6.72. The Morgan fingerprint density at radius 1 is 1.37 bits per heavy atom. The molecule has 3 nitrogen and oxygen atoms in total. The molecule has 102 valence electrons. The number of methoxy groups -OCH3 is 1. The maximum absolute atomic E-state index is 12.3. The van der Waals surface area contributed by atoms with Gasteiger partial charge in [0.15, 0.2) is 0 Å². The standard InChI is InChI=1S/C15H19NO2S/c1-18-15-9-12(7-8-13(15)10-16)11-19(17)14-5-3-2-4-6-14/h7-9,14H,2-6,11H2,1H3. The molecule has 2 rings (SSSR count). The molecular formula is C15H19NO2S. The summed E-state index contributed by atoms with van der Waals surface area (Å²) in [5.41, 5.74) is 1.51. The zero-order chi connectivity index (χ0) is 13.7. The van der Waals surface area contributed by atoms with Gasteiger partial charge >= 0.3 is 0 Å². The SMILES string of the molecule is COc1cc(CS(=O)C2CCCCC2)ccc1C#N. The monoisotopic (exact) mass is 277 g/mol. The molecule has 0 radical (unpaired) electrons. The van der Waals surface area contributed by atoms with Crippen molar-refractivity contribution in [2.45, 2.75) is 43.1 Å². The molecule has 4 heteroatoms. The normalized spacial score (nSPS) is 17.7. The Kier molecular flexibility index (Phi) is 4.98. The van der Waals surface area contributed by atoms with Crippen LogP contribution in [0.2, 0.25) is 0 Å². The number of nitriles is 1. The summed E-state index contributed by atoms with van der Waals surface area (Å²) in [5.74, 6) is 1.13. The molecule has 1 aliphatic carbocycles. The minimum atomic E-state index is -0.815. The van der Waals surface area contributed by atoms with E-state index >= 15 is 0 Å². The predicted octanol–water partition coefficient (Wildman–Crippen LogP) is 3.15. The lowest BCUT2D eigenvalue weighted by Crippen LogP contribution is -2.19. The van der Waals surface area contributed by atoms with Crippen LogP contribution in [-0.2, 0) is 16.6 Å². The Morgan fingerprint density at radius 3 is 2.74 bits per heavy atom. The van der Waals surface area contributed by atoms with E-state index < -0.39 is 10.8 Å². The molecule has 0 spiro atoms. The van der Waals surface area contributed by atoms with Gasteiger partial charge in [-0.3, -0.25) is 4.21 Å². The number of benzene rings is 1. The van der Waals surface area contributed by atoms with Gasteiger partial charge in [-0.15, -0.1) is 0 Å². The summed E-state index contributed by atoms with van der Waals surface area (Å²) in [6.45, 7) is 0. The minimum Gasteiger partial charge on any atom is -0.495 e. The van der Waals surface area contributed by atoms with Crippen molar-refractivity contribution in [3.63, 3.8) is 0 Å². The highest BCUT2D eigenvalue weighted by molar-refractivity contribution is 7.84. The highest BCUT2D eigenvalue weighted by Gasteiger charge is 2.20. The lowest BCUT2D eigenvalue weighted by Gasteiger charge is -2.21. The molecule has 0 aromatic heterocycles. The Morgan fingerprint density at radius 2 is 2.11 bits per heavy atom. The molecule has 1 saturated carbocycles. The van der Waals surface area contributed by atoms with E-state index in [1.165, 1.54) is 19.3 Å². The van der Waals surface area contributed by atoms with Crippen LogP contribution in [0.5, 0.6) is 5.75 Å². The second-order valence-corrected chi connectivity index (χ2v) is 6.65. The number of hydrogen-bond donors (Lipinski definition) is 0. The van der Waals surface area contributed by atoms with Crippen LogP contribution < -0.4 is 4.74 Å². The first kappa shape index (κ1) is 14.1. The van der Waals surface area contributed by atoms with Crippen LogP contribution in [0.3, 0.4) is 0 Å². The smallest absolute Gasteiger partial charge is 0.136 e. The molecule has 0 bridgehead atoms. The van der Waals surface area contributed by atoms with E-state index in [1.807, 2.05) is 12.1 Å². The van der Waals surface area contributed by atoms with Crippen LogP contribution in [0.1, 0.15) is 43.2 Å². The van der Waals surface area contributed by atoms with E-state index in [4.69, 9.17) is 10.00 Å². The first-order valence-electron chi connectivity index (χ1n) is 6.69. The molecule has 0 saturated heterocycles. The summed E-state index contributed by atoms with van der Waals surface area (Å²) in [6.07, 6.45) is 5.85. The molecule has 0 heterocycles. The summed E-state index contributed by atoms with van der Waals surface area (Å²) in [4.78, 5) is 0. The number of nitrogens with zero attached hydrogens (tertiary/aromatic N) is 1. The third-order valence-electron chi connectivity index (χ3n) is 3.62. The molecule has 0 amide bonds. The van der Waals surface area contributed by atoms with Crippen molar-refractivity contribution in [3.8, 4) is 11.8 Å². The Labute approximate surface area is 117 Å². The van der Waals surface area contributed by atoms with Gasteiger partial charge in [0.05, 0.1) is 12.7 Å². The van der Waals surface area contributed by atoms with Crippen molar-refractivity contribution < 1.29 is 8.95 Å². The largest absolute Gasteiger partial charge is 0.495 e. The maximum atomic E-state index is 12.3. The fourth-order valence-electron chi connectivity index (χ4n) is 2.53. The van der Waals surface area contributed by atoms with Gasteiger partial charge in [0.1, 0.15) is 11.8 Å². The fourth-order valence-corrected chi connectivity index (χ4v) is 4.13. The van der Waals surface area contributed by atoms with Crippen LogP contribution in [0.15, 0.2) is 18.2 Å². The van der Waals surface area contributed by atoms with Crippen LogP contribution in [0, 0.1) is 11.3 Å². The Bertz CT molecular complexity index is 501. The summed E-state index contributed by atoms with van der Waals surface area (Å²) in [7, 11) is 0.739. The Balaban J connectivity index is 2.06. The average molecular weight is 277 g/mol. The molecule has 1 aliphatic rings. The number of rotatable bonds is 4. The molecule has 19 heavy (non-hydrogen) atoms. The molecule has 1 fully saturated rings. The summed E-state index contributed by atoms with van der Waals surface area (Å²) < 4.78 is 17.5. The molecular weight excluding hydrogens is 258 g/mol. The maximum Gasteiger partial charge on any atom is 0.136 e. The van der Waals surface area contributed by atoms with Gasteiger partial charge in [0.25, 0.3) is 0 Å². The first-order valence-corrected chi connectivity index (χ1v) is 8.07. The lowest BCUT2D eigenvalue weighted by molar-refractivity contribution is 0.413. The van der Waals surface area contributed by atoms with Gasteiger partial charge in [0.2, 0.25) is 0 Å². The van der Waals surface area contributed by atoms with Crippen molar-refractivity contribution in [2.24, 2.45) is 0 Å². The van der Waals surface area contributed by atoms with Crippen molar-refractivity contribution in [1.29, 1.82) is 5.26 Å². The van der Waals surface area contributed by atoms with Crippen molar-refractivity contribution in [1.82, 2.24) is 0 Å². The van der Waals surface area contributed by atoms with E-state index in [2.05, 4.69) is 6.07 Å². The van der Waals surface area contributed by atoms with E-state index in [9.17, 15) is 4.21 Å². The van der Waals surface area contributed by atoms with Crippen LogP contribution in [0.4, 0.5) is 0 Å². The predicted molar refractivity (Wildman–Crippen MR) is 76.4 cm³/mol. The average Bonchev–Trinajstić information content (AvgIpc) is 2.48. The topological polar surface area (TPSA) is 50.1 Å². The third-order valence-corrected chi connectivity index (χ3v) is 5.45. The van der Waals surface area contributed by atoms with Crippen molar-refractivity contribution in [3.05, 3.63) is 29.3 Å². The van der Waals surface area contributed by atoms with E-state index in [-0.39, 0.29) is 0 Å². The van der Waals surface area contributed by atoms with E-state index in [1.54, 1.807) is 13.2 Å². The highest BCUT2D eigenvalue weighted by Crippen LogP contribution is 2.25. The molecule has 0 aliphatic heterocycles. The van der Waals surface area contributed by atoms with E-state index in [0.717, 1.165) is 18.4 Å². The van der Waals surface area contributed by atoms with Gasteiger partial charge in [0, 0.05) is 21.8 Å². The highest BCUT2D eigenvalue weighted by atomic mass is 32.2. The molecule has 1 aromatic rings. The zero-order valence-electron chi connectivity index (χ0n) is 11.2. The third kappa shape index (κ3) is 3.57. The minimum absolute atomic E-state index is 0.343. The molecule has 1 unspecified atom stereocenters. The number of ether oxygens (including phenoxy) is 1. The zero-order valence-corrected chi connectivity index (χ0v) is 12.0. The summed E-state index contributed by atoms with van der Waals surface area (Å²) in [5, 5.41) is 9.28. The quantitative estimate of drug-likeness (QED) is 0.849. The van der Waals surface area contributed by atoms with Crippen molar-refractivity contribution >= 4 is 10.8 Å². The van der Waals surface area contributed by atoms with Crippen LogP contribution >= 0.6 is 0 Å². The molecule has 1 atom stereocenters.